The van der Waals surface area contributed by atoms with Gasteiger partial charge in [0.25, 0.3) is 0 Å². The van der Waals surface area contributed by atoms with Crippen LogP contribution in [0, 0.1) is 19.7 Å². The number of aryl methyl sites for hydroxylation is 2. The van der Waals surface area contributed by atoms with Gasteiger partial charge < -0.3 is 4.57 Å². The van der Waals surface area contributed by atoms with E-state index in [1.54, 1.807) is 23.5 Å². The highest BCUT2D eigenvalue weighted by Crippen LogP contribution is 2.24. The Labute approximate surface area is 145 Å². The lowest BCUT2D eigenvalue weighted by Gasteiger charge is -2.08. The molecule has 24 heavy (non-hydrogen) atoms. The van der Waals surface area contributed by atoms with Crippen molar-refractivity contribution in [3.8, 4) is 11.3 Å². The lowest BCUT2D eigenvalue weighted by atomic mass is 10.1. The molecule has 0 aliphatic heterocycles. The van der Waals surface area contributed by atoms with Crippen molar-refractivity contribution in [2.75, 3.05) is 0 Å². The summed E-state index contributed by atoms with van der Waals surface area (Å²) in [6, 6.07) is 12.7. The van der Waals surface area contributed by atoms with Crippen LogP contribution in [0.15, 0.2) is 65.5 Å². The van der Waals surface area contributed by atoms with E-state index in [1.807, 2.05) is 12.1 Å². The molecule has 0 radical (unpaired) electrons. The summed E-state index contributed by atoms with van der Waals surface area (Å²) in [5.41, 5.74) is 5.29. The van der Waals surface area contributed by atoms with Gasteiger partial charge in [0, 0.05) is 11.9 Å². The maximum Gasteiger partial charge on any atom is 0.190 e. The number of thiazole rings is 1. The second kappa shape index (κ2) is 6.97. The van der Waals surface area contributed by atoms with Crippen molar-refractivity contribution >= 4 is 17.0 Å². The van der Waals surface area contributed by atoms with E-state index in [9.17, 15) is 4.39 Å². The normalized spacial score (nSPS) is 11.7. The third kappa shape index (κ3) is 3.24. The number of allylic oxidation sites excluding steroid dienone is 1. The molecule has 1 heterocycles. The Bertz CT molecular complexity index is 913. The fourth-order valence-corrected chi connectivity index (χ4v) is 3.58. The third-order valence-electron chi connectivity index (χ3n) is 3.90. The van der Waals surface area contributed by atoms with Gasteiger partial charge in [0.2, 0.25) is 0 Å². The van der Waals surface area contributed by atoms with Crippen LogP contribution in [0.1, 0.15) is 11.1 Å². The minimum Gasteiger partial charge on any atom is -0.313 e. The van der Waals surface area contributed by atoms with Gasteiger partial charge in [-0.1, -0.05) is 24.3 Å². The van der Waals surface area contributed by atoms with Crippen LogP contribution in [0.2, 0.25) is 0 Å². The van der Waals surface area contributed by atoms with Crippen LogP contribution in [0.3, 0.4) is 0 Å². The minimum absolute atomic E-state index is 0.232. The number of para-hydroxylation sites is 1. The predicted molar refractivity (Wildman–Crippen MR) is 99.0 cm³/mol. The van der Waals surface area contributed by atoms with Crippen molar-refractivity contribution in [1.29, 1.82) is 0 Å². The summed E-state index contributed by atoms with van der Waals surface area (Å²) in [6.07, 6.45) is 1.85. The quantitative estimate of drug-likeness (QED) is 0.567. The molecule has 2 aromatic carbocycles. The summed E-state index contributed by atoms with van der Waals surface area (Å²) in [5, 5.41) is 2.06. The van der Waals surface area contributed by atoms with E-state index in [0.29, 0.717) is 6.54 Å². The van der Waals surface area contributed by atoms with E-state index in [0.717, 1.165) is 32.9 Å². The number of benzene rings is 2. The van der Waals surface area contributed by atoms with E-state index in [-0.39, 0.29) is 5.82 Å². The van der Waals surface area contributed by atoms with Crippen LogP contribution in [-0.2, 0) is 6.54 Å². The summed E-state index contributed by atoms with van der Waals surface area (Å²) in [5.74, 6) is -0.232. The number of rotatable bonds is 4. The van der Waals surface area contributed by atoms with E-state index in [4.69, 9.17) is 4.99 Å². The highest BCUT2D eigenvalue weighted by molar-refractivity contribution is 7.07. The van der Waals surface area contributed by atoms with Crippen LogP contribution >= 0.6 is 11.3 Å². The highest BCUT2D eigenvalue weighted by atomic mass is 32.1. The zero-order valence-electron chi connectivity index (χ0n) is 13.8. The summed E-state index contributed by atoms with van der Waals surface area (Å²) in [4.78, 5) is 5.79. The molecule has 122 valence electrons. The van der Waals surface area contributed by atoms with Crippen LogP contribution in [0.4, 0.5) is 10.1 Å². The molecule has 0 aliphatic carbocycles. The molecule has 0 saturated heterocycles. The Balaban J connectivity index is 2.18. The van der Waals surface area contributed by atoms with Gasteiger partial charge in [-0.25, -0.2) is 9.38 Å². The number of hydrogen-bond donors (Lipinski definition) is 0. The number of halogens is 1. The first-order valence-corrected chi connectivity index (χ1v) is 8.64. The van der Waals surface area contributed by atoms with Gasteiger partial charge in [-0.3, -0.25) is 0 Å². The zero-order valence-corrected chi connectivity index (χ0v) is 14.6. The van der Waals surface area contributed by atoms with Gasteiger partial charge >= 0.3 is 0 Å². The highest BCUT2D eigenvalue weighted by Gasteiger charge is 2.08. The molecular weight excluding hydrogens is 319 g/mol. The lowest BCUT2D eigenvalue weighted by Crippen LogP contribution is -2.15. The molecule has 0 N–H and O–H groups in total. The zero-order chi connectivity index (χ0) is 17.1. The summed E-state index contributed by atoms with van der Waals surface area (Å²) < 4.78 is 15.3. The van der Waals surface area contributed by atoms with Crippen LogP contribution in [0.25, 0.3) is 11.3 Å². The fourth-order valence-electron chi connectivity index (χ4n) is 2.65. The molecule has 0 spiro atoms. The number of aromatic nitrogens is 1. The topological polar surface area (TPSA) is 17.3 Å². The molecule has 0 bridgehead atoms. The van der Waals surface area contributed by atoms with E-state index in [1.165, 1.54) is 12.1 Å². The monoisotopic (exact) mass is 338 g/mol. The summed E-state index contributed by atoms with van der Waals surface area (Å²) >= 11 is 1.58. The standard InChI is InChI=1S/C20H19FN2S/c1-4-12-23-18(16-8-10-17(21)11-9-16)13-24-20(23)22-19-14(2)6-5-7-15(19)3/h4-11,13H,1,12H2,2-3H3. The van der Waals surface area contributed by atoms with Crippen LogP contribution in [0.5, 0.6) is 0 Å². The molecule has 0 amide bonds. The third-order valence-corrected chi connectivity index (χ3v) is 4.76. The molecule has 0 fully saturated rings. The van der Waals surface area contributed by atoms with Crippen LogP contribution in [-0.4, -0.2) is 4.57 Å². The Morgan fingerprint density at radius 2 is 1.79 bits per heavy atom. The Morgan fingerprint density at radius 1 is 1.12 bits per heavy atom. The molecular formula is C20H19FN2S. The molecule has 0 saturated carbocycles. The van der Waals surface area contributed by atoms with Crippen molar-refractivity contribution < 1.29 is 4.39 Å². The van der Waals surface area contributed by atoms with Crippen molar-refractivity contribution in [1.82, 2.24) is 4.57 Å². The maximum absolute atomic E-state index is 13.2. The first-order valence-electron chi connectivity index (χ1n) is 7.76. The van der Waals surface area contributed by atoms with E-state index in [2.05, 4.69) is 42.5 Å². The van der Waals surface area contributed by atoms with Crippen molar-refractivity contribution in [3.05, 3.63) is 82.2 Å². The van der Waals surface area contributed by atoms with Gasteiger partial charge in [0.15, 0.2) is 4.80 Å². The Hall–Kier alpha value is -2.46. The van der Waals surface area contributed by atoms with Gasteiger partial charge in [-0.05, 0) is 54.8 Å². The fraction of sp³-hybridized carbons (Fsp3) is 0.150. The first kappa shape index (κ1) is 16.4. The molecule has 0 aliphatic rings. The molecule has 0 unspecified atom stereocenters. The van der Waals surface area contributed by atoms with E-state index < -0.39 is 0 Å². The number of hydrogen-bond acceptors (Lipinski definition) is 2. The second-order valence-electron chi connectivity index (χ2n) is 5.66. The average molecular weight is 338 g/mol. The predicted octanol–water partition coefficient (Wildman–Crippen LogP) is 5.39. The molecule has 0 atom stereocenters. The first-order chi connectivity index (χ1) is 11.6. The van der Waals surface area contributed by atoms with Crippen molar-refractivity contribution in [3.63, 3.8) is 0 Å². The molecule has 1 aromatic heterocycles. The molecule has 3 aromatic rings. The van der Waals surface area contributed by atoms with Crippen molar-refractivity contribution in [2.24, 2.45) is 4.99 Å². The largest absolute Gasteiger partial charge is 0.313 e. The minimum atomic E-state index is -0.232. The lowest BCUT2D eigenvalue weighted by molar-refractivity contribution is 0.628. The van der Waals surface area contributed by atoms with Gasteiger partial charge in [0.05, 0.1) is 11.4 Å². The van der Waals surface area contributed by atoms with Crippen LogP contribution < -0.4 is 4.80 Å². The summed E-state index contributed by atoms with van der Waals surface area (Å²) in [7, 11) is 0. The SMILES string of the molecule is C=CCn1c(-c2ccc(F)cc2)csc1=Nc1c(C)cccc1C. The Morgan fingerprint density at radius 3 is 2.42 bits per heavy atom. The van der Waals surface area contributed by atoms with E-state index >= 15 is 0 Å². The summed E-state index contributed by atoms with van der Waals surface area (Å²) in [6.45, 7) is 8.64. The van der Waals surface area contributed by atoms with Gasteiger partial charge in [-0.2, -0.15) is 0 Å². The van der Waals surface area contributed by atoms with Gasteiger partial charge in [-0.15, -0.1) is 17.9 Å². The smallest absolute Gasteiger partial charge is 0.190 e. The number of nitrogens with zero attached hydrogens (tertiary/aromatic N) is 2. The Kier molecular flexibility index (Phi) is 4.76. The molecule has 4 heteroatoms. The average Bonchev–Trinajstić information content (AvgIpc) is 2.95. The maximum atomic E-state index is 13.2. The van der Waals surface area contributed by atoms with Gasteiger partial charge in [0.1, 0.15) is 5.82 Å². The molecule has 2 nitrogen and oxygen atoms in total. The second-order valence-corrected chi connectivity index (χ2v) is 6.50. The molecule has 3 rings (SSSR count). The van der Waals surface area contributed by atoms with Crippen molar-refractivity contribution in [2.45, 2.75) is 20.4 Å².